The molecule has 0 saturated heterocycles. The Labute approximate surface area is 167 Å². The zero-order chi connectivity index (χ0) is 20.8. The zero-order valence-corrected chi connectivity index (χ0v) is 16.1. The Kier molecular flexibility index (Phi) is 6.22. The van der Waals surface area contributed by atoms with Gasteiger partial charge < -0.3 is 16.0 Å². The number of amides is 2. The summed E-state index contributed by atoms with van der Waals surface area (Å²) >= 11 is 0. The van der Waals surface area contributed by atoms with Gasteiger partial charge in [0.25, 0.3) is 11.8 Å². The molecule has 1 saturated carbocycles. The van der Waals surface area contributed by atoms with E-state index in [1.807, 2.05) is 6.07 Å². The summed E-state index contributed by atoms with van der Waals surface area (Å²) in [7, 11) is 2.92. The zero-order valence-electron chi connectivity index (χ0n) is 16.1. The average Bonchev–Trinajstić information content (AvgIpc) is 3.58. The number of carbonyl (C=O) groups is 2. The van der Waals surface area contributed by atoms with Crippen molar-refractivity contribution in [1.82, 2.24) is 25.6 Å². The minimum Gasteiger partial charge on any atom is -0.354 e. The summed E-state index contributed by atoms with van der Waals surface area (Å²) in [4.78, 5) is 41.1. The Morgan fingerprint density at radius 1 is 1.28 bits per heavy atom. The van der Waals surface area contributed by atoms with Gasteiger partial charge in [-0.05, 0) is 25.0 Å². The van der Waals surface area contributed by atoms with Crippen LogP contribution in [0.25, 0.3) is 0 Å². The molecule has 10 heteroatoms. The maximum atomic E-state index is 13.0. The van der Waals surface area contributed by atoms with Gasteiger partial charge in [0.15, 0.2) is 5.69 Å². The van der Waals surface area contributed by atoms with Gasteiger partial charge in [-0.25, -0.2) is 15.0 Å². The number of rotatable bonds is 8. The number of hydrogen-bond acceptors (Lipinski definition) is 8. The van der Waals surface area contributed by atoms with Crippen LogP contribution in [-0.4, -0.2) is 58.8 Å². The number of hydrogen-bond donors (Lipinski definition) is 4. The Balaban J connectivity index is 1.89. The molecule has 3 rings (SSSR count). The Hall–Kier alpha value is -3.69. The number of aromatic nitrogens is 3. The van der Waals surface area contributed by atoms with Gasteiger partial charge in [0.1, 0.15) is 18.1 Å². The fraction of sp³-hybridized carbons (Fsp3) is 0.316. The van der Waals surface area contributed by atoms with Gasteiger partial charge in [-0.1, -0.05) is 0 Å². The molecule has 1 unspecified atom stereocenters. The highest BCUT2D eigenvalue weighted by molar-refractivity contribution is 6.42. The Morgan fingerprint density at radius 3 is 2.62 bits per heavy atom. The van der Waals surface area contributed by atoms with Crippen molar-refractivity contribution in [2.45, 2.75) is 24.8 Å². The predicted molar refractivity (Wildman–Crippen MR) is 109 cm³/mol. The van der Waals surface area contributed by atoms with E-state index in [0.717, 1.165) is 18.5 Å². The van der Waals surface area contributed by atoms with Crippen LogP contribution in [0.1, 0.15) is 34.9 Å². The lowest BCUT2D eigenvalue weighted by molar-refractivity contribution is -0.114. The van der Waals surface area contributed by atoms with E-state index in [0.29, 0.717) is 17.3 Å². The maximum Gasteiger partial charge on any atom is 0.272 e. The first-order valence-electron chi connectivity index (χ1n) is 9.10. The van der Waals surface area contributed by atoms with Gasteiger partial charge in [0.2, 0.25) is 0 Å². The van der Waals surface area contributed by atoms with Crippen LogP contribution in [0.15, 0.2) is 35.8 Å². The van der Waals surface area contributed by atoms with Crippen LogP contribution in [0.5, 0.6) is 0 Å². The highest BCUT2D eigenvalue weighted by Gasteiger charge is 2.28. The molecule has 2 amide bonds. The molecule has 4 N–H and O–H groups in total. The average molecular weight is 394 g/mol. The minimum absolute atomic E-state index is 0.164. The van der Waals surface area contributed by atoms with Crippen molar-refractivity contribution in [2.24, 2.45) is 4.99 Å². The quantitative estimate of drug-likeness (QED) is 0.493. The number of nitrogens with one attached hydrogen (secondary N) is 4. The molecule has 0 bridgehead atoms. The van der Waals surface area contributed by atoms with Crippen LogP contribution in [0.2, 0.25) is 0 Å². The third kappa shape index (κ3) is 4.98. The summed E-state index contributed by atoms with van der Waals surface area (Å²) in [5.74, 6) is -0.770. The summed E-state index contributed by atoms with van der Waals surface area (Å²) in [5, 5.41) is 16.1. The monoisotopic (exact) mass is 394 g/mol. The first kappa shape index (κ1) is 20.1. The molecule has 1 aliphatic carbocycles. The van der Waals surface area contributed by atoms with Crippen LogP contribution < -0.4 is 16.0 Å². The van der Waals surface area contributed by atoms with E-state index >= 15 is 0 Å². The molecule has 29 heavy (non-hydrogen) atoms. The topological polar surface area (TPSA) is 145 Å². The molecule has 10 nitrogen and oxygen atoms in total. The molecule has 0 radical (unpaired) electrons. The van der Waals surface area contributed by atoms with Crippen LogP contribution in [0.4, 0.5) is 11.4 Å². The van der Waals surface area contributed by atoms with Crippen LogP contribution in [0.3, 0.4) is 0 Å². The summed E-state index contributed by atoms with van der Waals surface area (Å²) in [6.45, 7) is 0. The summed E-state index contributed by atoms with van der Waals surface area (Å²) in [5.41, 5.74) is 1.76. The molecule has 2 aromatic heterocycles. The largest absolute Gasteiger partial charge is 0.354 e. The Bertz CT molecular complexity index is 940. The molecular formula is C19H22N8O2. The molecule has 2 aromatic rings. The van der Waals surface area contributed by atoms with Crippen molar-refractivity contribution in [3.63, 3.8) is 0 Å². The van der Waals surface area contributed by atoms with E-state index in [2.05, 4.69) is 35.9 Å². The fourth-order valence-corrected chi connectivity index (χ4v) is 2.69. The van der Waals surface area contributed by atoms with E-state index in [4.69, 9.17) is 5.41 Å². The molecule has 2 heterocycles. The van der Waals surface area contributed by atoms with Gasteiger partial charge in [-0.2, -0.15) is 0 Å². The second-order valence-corrected chi connectivity index (χ2v) is 6.51. The van der Waals surface area contributed by atoms with Crippen molar-refractivity contribution < 1.29 is 9.59 Å². The molecular weight excluding hydrogens is 372 g/mol. The van der Waals surface area contributed by atoms with Crippen molar-refractivity contribution in [3.8, 4) is 0 Å². The van der Waals surface area contributed by atoms with Crippen molar-refractivity contribution >= 4 is 35.1 Å². The van der Waals surface area contributed by atoms with E-state index in [9.17, 15) is 9.59 Å². The number of pyridine rings is 1. The van der Waals surface area contributed by atoms with Gasteiger partial charge in [-0.15, -0.1) is 0 Å². The molecule has 0 spiro atoms. The summed E-state index contributed by atoms with van der Waals surface area (Å²) in [6, 6.07) is 2.69. The fourth-order valence-electron chi connectivity index (χ4n) is 2.69. The number of carbonyl (C=O) groups excluding carboxylic acids is 2. The van der Waals surface area contributed by atoms with Crippen LogP contribution >= 0.6 is 0 Å². The van der Waals surface area contributed by atoms with E-state index in [-0.39, 0.29) is 11.4 Å². The smallest absolute Gasteiger partial charge is 0.272 e. The number of aliphatic imine (C=N–C) groups is 1. The lowest BCUT2D eigenvalue weighted by Gasteiger charge is -2.17. The lowest BCUT2D eigenvalue weighted by atomic mass is 10.1. The van der Waals surface area contributed by atoms with Gasteiger partial charge in [0.05, 0.1) is 23.8 Å². The van der Waals surface area contributed by atoms with Crippen LogP contribution in [0, 0.1) is 5.41 Å². The highest BCUT2D eigenvalue weighted by atomic mass is 16.2. The van der Waals surface area contributed by atoms with Crippen LogP contribution in [-0.2, 0) is 4.79 Å². The molecule has 150 valence electrons. The van der Waals surface area contributed by atoms with Crippen molar-refractivity contribution in [1.29, 1.82) is 5.41 Å². The van der Waals surface area contributed by atoms with E-state index in [1.165, 1.54) is 26.6 Å². The third-order valence-electron chi connectivity index (χ3n) is 4.33. The lowest BCUT2D eigenvalue weighted by Crippen LogP contribution is -2.47. The SMILES string of the molecule is CN=CC(NC(=O)c1nc(C2CC2)ccc1Nc1cncnc1)C(=N)C(=O)NC. The molecule has 0 aromatic carbocycles. The normalized spacial score (nSPS) is 14.3. The summed E-state index contributed by atoms with van der Waals surface area (Å²) < 4.78 is 0. The van der Waals surface area contributed by atoms with Gasteiger partial charge in [-0.3, -0.25) is 20.0 Å². The second kappa shape index (κ2) is 9.00. The summed E-state index contributed by atoms with van der Waals surface area (Å²) in [6.07, 6.45) is 7.98. The number of nitrogens with zero attached hydrogens (tertiary/aromatic N) is 4. The third-order valence-corrected chi connectivity index (χ3v) is 4.33. The molecule has 1 fully saturated rings. The van der Waals surface area contributed by atoms with Crippen molar-refractivity contribution in [2.75, 3.05) is 19.4 Å². The Morgan fingerprint density at radius 2 is 2.00 bits per heavy atom. The van der Waals surface area contributed by atoms with Crippen molar-refractivity contribution in [3.05, 3.63) is 42.2 Å². The maximum absolute atomic E-state index is 13.0. The van der Waals surface area contributed by atoms with E-state index < -0.39 is 17.9 Å². The molecule has 1 aliphatic rings. The first-order valence-corrected chi connectivity index (χ1v) is 9.10. The first-order chi connectivity index (χ1) is 14.0. The molecule has 0 aliphatic heterocycles. The number of anilines is 2. The predicted octanol–water partition coefficient (Wildman–Crippen LogP) is 1.06. The van der Waals surface area contributed by atoms with Gasteiger partial charge >= 0.3 is 0 Å². The molecule has 1 atom stereocenters. The highest BCUT2D eigenvalue weighted by Crippen LogP contribution is 2.39. The van der Waals surface area contributed by atoms with Gasteiger partial charge in [0, 0.05) is 31.9 Å². The second-order valence-electron chi connectivity index (χ2n) is 6.51. The standard InChI is InChI=1S/C19H22N8O2/c1-21-9-15(16(20)18(28)22-2)27-19(29)17-14(25-12-7-23-10-24-8-12)6-5-13(26-17)11-3-4-11/h5-11,15,20,25H,3-4H2,1-2H3,(H,22,28)(H,27,29). The van der Waals surface area contributed by atoms with E-state index in [1.54, 1.807) is 18.5 Å². The minimum atomic E-state index is -0.980.